The third kappa shape index (κ3) is 4.08. The van der Waals surface area contributed by atoms with Crippen LogP contribution >= 0.6 is 0 Å². The second-order valence-corrected chi connectivity index (χ2v) is 5.76. The Kier molecular flexibility index (Phi) is 4.31. The lowest BCUT2D eigenvalue weighted by atomic mass is 10.1. The molecule has 0 aliphatic rings. The number of carbonyl (C=O) groups excluding carboxylic acids is 1. The van der Waals surface area contributed by atoms with E-state index in [1.807, 2.05) is 30.3 Å². The third-order valence-electron chi connectivity index (χ3n) is 2.77. The number of ether oxygens (including phenoxy) is 2. The van der Waals surface area contributed by atoms with Crippen LogP contribution in [0.2, 0.25) is 0 Å². The molecule has 0 spiro atoms. The van der Waals surface area contributed by atoms with Gasteiger partial charge >= 0.3 is 5.97 Å². The Morgan fingerprint density at radius 2 is 2.00 bits per heavy atom. The largest absolute Gasteiger partial charge is 0.481 e. The standard InChI is InChI=1S/C16H20N2O3/c1-16(2,3)18-14-9-8-11-12(17-14)6-5-7-13(11)21-10-15(19)20-4/h5-9H,10H2,1-4H3,(H,17,18). The first kappa shape index (κ1) is 15.1. The number of methoxy groups -OCH3 is 1. The van der Waals surface area contributed by atoms with Crippen LogP contribution in [-0.2, 0) is 9.53 Å². The molecule has 0 aliphatic heterocycles. The number of esters is 1. The van der Waals surface area contributed by atoms with Crippen LogP contribution in [0.4, 0.5) is 5.82 Å². The van der Waals surface area contributed by atoms with Gasteiger partial charge in [0.05, 0.1) is 12.6 Å². The molecule has 0 bridgehead atoms. The van der Waals surface area contributed by atoms with Gasteiger partial charge < -0.3 is 14.8 Å². The van der Waals surface area contributed by atoms with Gasteiger partial charge in [0, 0.05) is 10.9 Å². The van der Waals surface area contributed by atoms with Gasteiger partial charge in [0.1, 0.15) is 11.6 Å². The lowest BCUT2D eigenvalue weighted by molar-refractivity contribution is -0.142. The molecule has 1 heterocycles. The van der Waals surface area contributed by atoms with Gasteiger partial charge in [0.2, 0.25) is 0 Å². The van der Waals surface area contributed by atoms with E-state index in [-0.39, 0.29) is 12.1 Å². The summed E-state index contributed by atoms with van der Waals surface area (Å²) in [5.41, 5.74) is 0.756. The van der Waals surface area contributed by atoms with Crippen LogP contribution in [0.1, 0.15) is 20.8 Å². The summed E-state index contributed by atoms with van der Waals surface area (Å²) in [7, 11) is 1.33. The number of pyridine rings is 1. The maximum Gasteiger partial charge on any atom is 0.343 e. The smallest absolute Gasteiger partial charge is 0.343 e. The maximum absolute atomic E-state index is 11.2. The number of benzene rings is 1. The van der Waals surface area contributed by atoms with Gasteiger partial charge in [-0.2, -0.15) is 0 Å². The van der Waals surface area contributed by atoms with E-state index in [4.69, 9.17) is 4.74 Å². The Labute approximate surface area is 124 Å². The molecule has 0 saturated carbocycles. The van der Waals surface area contributed by atoms with E-state index in [0.29, 0.717) is 5.75 Å². The molecule has 0 aliphatic carbocycles. The summed E-state index contributed by atoms with van der Waals surface area (Å²) in [6, 6.07) is 9.41. The summed E-state index contributed by atoms with van der Waals surface area (Å²) in [6.07, 6.45) is 0. The number of nitrogens with zero attached hydrogens (tertiary/aromatic N) is 1. The van der Waals surface area contributed by atoms with Gasteiger partial charge in [-0.3, -0.25) is 0 Å². The second kappa shape index (κ2) is 5.99. The molecule has 1 aromatic carbocycles. The molecule has 0 atom stereocenters. The topological polar surface area (TPSA) is 60.5 Å². The first-order chi connectivity index (χ1) is 9.89. The molecule has 0 radical (unpaired) electrons. The van der Waals surface area contributed by atoms with E-state index >= 15 is 0 Å². The highest BCUT2D eigenvalue weighted by molar-refractivity contribution is 5.86. The van der Waals surface area contributed by atoms with Gasteiger partial charge in [-0.05, 0) is 45.0 Å². The lowest BCUT2D eigenvalue weighted by Crippen LogP contribution is -2.26. The number of aromatic nitrogens is 1. The van der Waals surface area contributed by atoms with E-state index < -0.39 is 5.97 Å². The van der Waals surface area contributed by atoms with Crippen LogP contribution in [0.25, 0.3) is 10.9 Å². The highest BCUT2D eigenvalue weighted by atomic mass is 16.6. The molecular weight excluding hydrogens is 268 g/mol. The van der Waals surface area contributed by atoms with Crippen molar-refractivity contribution in [2.75, 3.05) is 19.0 Å². The molecule has 0 saturated heterocycles. The van der Waals surface area contributed by atoms with E-state index in [9.17, 15) is 4.79 Å². The normalized spacial score (nSPS) is 11.2. The van der Waals surface area contributed by atoms with E-state index in [1.54, 1.807) is 0 Å². The number of hydrogen-bond donors (Lipinski definition) is 1. The van der Waals surface area contributed by atoms with Crippen molar-refractivity contribution in [3.63, 3.8) is 0 Å². The van der Waals surface area contributed by atoms with Gasteiger partial charge in [0.15, 0.2) is 6.61 Å². The van der Waals surface area contributed by atoms with Crippen molar-refractivity contribution in [3.8, 4) is 5.75 Å². The minimum atomic E-state index is -0.411. The van der Waals surface area contributed by atoms with Crippen molar-refractivity contribution in [1.82, 2.24) is 4.98 Å². The molecule has 2 aromatic rings. The number of fused-ring (bicyclic) bond motifs is 1. The maximum atomic E-state index is 11.2. The summed E-state index contributed by atoms with van der Waals surface area (Å²) in [5.74, 6) is 1.01. The first-order valence-electron chi connectivity index (χ1n) is 6.76. The Hall–Kier alpha value is -2.30. The first-order valence-corrected chi connectivity index (χ1v) is 6.76. The fraction of sp³-hybridized carbons (Fsp3) is 0.375. The Bertz CT molecular complexity index is 648. The third-order valence-corrected chi connectivity index (χ3v) is 2.77. The zero-order chi connectivity index (χ0) is 15.5. The predicted molar refractivity (Wildman–Crippen MR) is 82.6 cm³/mol. The average Bonchev–Trinajstić information content (AvgIpc) is 2.42. The van der Waals surface area contributed by atoms with Gasteiger partial charge in [-0.15, -0.1) is 0 Å². The van der Waals surface area contributed by atoms with Crippen LogP contribution in [-0.4, -0.2) is 30.2 Å². The quantitative estimate of drug-likeness (QED) is 0.876. The zero-order valence-corrected chi connectivity index (χ0v) is 12.8. The molecule has 5 nitrogen and oxygen atoms in total. The molecule has 21 heavy (non-hydrogen) atoms. The highest BCUT2D eigenvalue weighted by Crippen LogP contribution is 2.26. The van der Waals surface area contributed by atoms with Gasteiger partial charge in [-0.1, -0.05) is 6.07 Å². The van der Waals surface area contributed by atoms with Crippen molar-refractivity contribution in [2.24, 2.45) is 0 Å². The van der Waals surface area contributed by atoms with E-state index in [1.165, 1.54) is 7.11 Å². The summed E-state index contributed by atoms with van der Waals surface area (Å²) in [4.78, 5) is 15.7. The molecule has 1 N–H and O–H groups in total. The van der Waals surface area contributed by atoms with E-state index in [0.717, 1.165) is 16.7 Å². The van der Waals surface area contributed by atoms with Crippen LogP contribution in [0.3, 0.4) is 0 Å². The molecule has 112 valence electrons. The molecule has 2 rings (SSSR count). The number of carbonyl (C=O) groups is 1. The monoisotopic (exact) mass is 288 g/mol. The average molecular weight is 288 g/mol. The number of hydrogen-bond acceptors (Lipinski definition) is 5. The van der Waals surface area contributed by atoms with Crippen molar-refractivity contribution in [1.29, 1.82) is 0 Å². The minimum Gasteiger partial charge on any atom is -0.481 e. The molecule has 0 amide bonds. The number of nitrogens with one attached hydrogen (secondary N) is 1. The summed E-state index contributed by atoms with van der Waals surface area (Å²) in [6.45, 7) is 6.12. The van der Waals surface area contributed by atoms with Gasteiger partial charge in [-0.25, -0.2) is 9.78 Å². The summed E-state index contributed by atoms with van der Waals surface area (Å²) >= 11 is 0. The number of anilines is 1. The second-order valence-electron chi connectivity index (χ2n) is 5.76. The molecule has 5 heteroatoms. The fourth-order valence-corrected chi connectivity index (χ4v) is 1.90. The zero-order valence-electron chi connectivity index (χ0n) is 12.8. The van der Waals surface area contributed by atoms with Gasteiger partial charge in [0.25, 0.3) is 0 Å². The van der Waals surface area contributed by atoms with E-state index in [2.05, 4.69) is 35.8 Å². The molecule has 0 unspecified atom stereocenters. The summed E-state index contributed by atoms with van der Waals surface area (Å²) < 4.78 is 10.0. The highest BCUT2D eigenvalue weighted by Gasteiger charge is 2.11. The van der Waals surface area contributed by atoms with Crippen LogP contribution in [0.5, 0.6) is 5.75 Å². The Morgan fingerprint density at radius 3 is 2.67 bits per heavy atom. The fourth-order valence-electron chi connectivity index (χ4n) is 1.90. The lowest BCUT2D eigenvalue weighted by Gasteiger charge is -2.21. The van der Waals surface area contributed by atoms with Crippen LogP contribution < -0.4 is 10.1 Å². The number of rotatable bonds is 4. The Morgan fingerprint density at radius 1 is 1.24 bits per heavy atom. The van der Waals surface area contributed by atoms with Crippen molar-refractivity contribution in [3.05, 3.63) is 30.3 Å². The Balaban J connectivity index is 2.27. The molecule has 1 aromatic heterocycles. The predicted octanol–water partition coefficient (Wildman–Crippen LogP) is 3.00. The molecule has 0 fully saturated rings. The minimum absolute atomic E-state index is 0.0559. The van der Waals surface area contributed by atoms with Crippen LogP contribution in [0, 0.1) is 0 Å². The van der Waals surface area contributed by atoms with Crippen molar-refractivity contribution >= 4 is 22.7 Å². The van der Waals surface area contributed by atoms with Crippen molar-refractivity contribution in [2.45, 2.75) is 26.3 Å². The van der Waals surface area contributed by atoms with Crippen molar-refractivity contribution < 1.29 is 14.3 Å². The summed E-state index contributed by atoms with van der Waals surface area (Å²) in [5, 5.41) is 4.19. The molecular formula is C16H20N2O3. The SMILES string of the molecule is COC(=O)COc1cccc2nc(NC(C)(C)C)ccc12. The van der Waals surface area contributed by atoms with Crippen LogP contribution in [0.15, 0.2) is 30.3 Å².